The van der Waals surface area contributed by atoms with E-state index in [4.69, 9.17) is 27.9 Å². The lowest BCUT2D eigenvalue weighted by atomic mass is 10.3. The lowest BCUT2D eigenvalue weighted by Crippen LogP contribution is -2.50. The molecule has 0 bridgehead atoms. The number of methoxy groups -OCH3 is 1. The minimum atomic E-state index is -0.205. The van der Waals surface area contributed by atoms with Gasteiger partial charge in [-0.3, -0.25) is 0 Å². The van der Waals surface area contributed by atoms with E-state index in [0.29, 0.717) is 53.7 Å². The van der Waals surface area contributed by atoms with Gasteiger partial charge in [0.15, 0.2) is 0 Å². The van der Waals surface area contributed by atoms with Gasteiger partial charge in [0.05, 0.1) is 17.8 Å². The van der Waals surface area contributed by atoms with Crippen molar-refractivity contribution in [2.75, 3.05) is 48.8 Å². The molecule has 1 aliphatic rings. The summed E-state index contributed by atoms with van der Waals surface area (Å²) in [7, 11) is 1.63. The molecular formula is C22H22Cl2N6O2. The van der Waals surface area contributed by atoms with E-state index in [0.717, 1.165) is 11.4 Å². The molecule has 3 aromatic rings. The van der Waals surface area contributed by atoms with Gasteiger partial charge < -0.3 is 25.2 Å². The Labute approximate surface area is 196 Å². The number of halogens is 2. The number of carbonyl (C=O) groups excluding carboxylic acids is 1. The monoisotopic (exact) mass is 472 g/mol. The van der Waals surface area contributed by atoms with Crippen LogP contribution in [0.5, 0.6) is 5.75 Å². The van der Waals surface area contributed by atoms with Gasteiger partial charge in [0, 0.05) is 49.2 Å². The maximum Gasteiger partial charge on any atom is 0.322 e. The number of urea groups is 1. The summed E-state index contributed by atoms with van der Waals surface area (Å²) < 4.78 is 5.26. The van der Waals surface area contributed by atoms with Crippen LogP contribution in [0.3, 0.4) is 0 Å². The number of benzene rings is 2. The summed E-state index contributed by atoms with van der Waals surface area (Å²) in [6.45, 7) is 2.30. The van der Waals surface area contributed by atoms with Crippen LogP contribution in [0, 0.1) is 0 Å². The van der Waals surface area contributed by atoms with E-state index in [1.807, 2.05) is 30.3 Å². The molecular weight excluding hydrogens is 451 g/mol. The van der Waals surface area contributed by atoms with E-state index in [1.54, 1.807) is 36.4 Å². The molecule has 8 nitrogen and oxygen atoms in total. The van der Waals surface area contributed by atoms with Crippen LogP contribution in [-0.2, 0) is 0 Å². The number of nitrogens with zero attached hydrogens (tertiary/aromatic N) is 4. The number of hydrogen-bond donors (Lipinski definition) is 2. The highest BCUT2D eigenvalue weighted by molar-refractivity contribution is 6.36. The van der Waals surface area contributed by atoms with Crippen molar-refractivity contribution < 1.29 is 9.53 Å². The number of piperazine rings is 1. The first-order valence-corrected chi connectivity index (χ1v) is 10.8. The third-order valence-corrected chi connectivity index (χ3v) is 5.56. The van der Waals surface area contributed by atoms with Crippen molar-refractivity contribution in [3.05, 3.63) is 64.8 Å². The summed E-state index contributed by atoms with van der Waals surface area (Å²) in [6.07, 6.45) is 1.71. The summed E-state index contributed by atoms with van der Waals surface area (Å²) in [6, 6.07) is 14.2. The molecule has 32 heavy (non-hydrogen) atoms. The number of carbonyl (C=O) groups is 1. The average molecular weight is 473 g/mol. The molecule has 0 aliphatic carbocycles. The van der Waals surface area contributed by atoms with Gasteiger partial charge in [0.2, 0.25) is 5.95 Å². The Morgan fingerprint density at radius 2 is 1.88 bits per heavy atom. The molecule has 10 heteroatoms. The van der Waals surface area contributed by atoms with Gasteiger partial charge in [-0.15, -0.1) is 0 Å². The van der Waals surface area contributed by atoms with Crippen molar-refractivity contribution in [2.45, 2.75) is 0 Å². The Hall–Kier alpha value is -3.23. The first-order valence-electron chi connectivity index (χ1n) is 10.0. The summed E-state index contributed by atoms with van der Waals surface area (Å²) in [5.41, 5.74) is 1.40. The third-order valence-electron chi connectivity index (χ3n) is 5.01. The fraction of sp³-hybridized carbons (Fsp3) is 0.227. The number of amides is 2. The number of ether oxygens (including phenoxy) is 1. The summed E-state index contributed by atoms with van der Waals surface area (Å²) >= 11 is 12.1. The van der Waals surface area contributed by atoms with Crippen LogP contribution in [0.1, 0.15) is 0 Å². The molecule has 166 valence electrons. The molecule has 1 aliphatic heterocycles. The lowest BCUT2D eigenvalue weighted by molar-refractivity contribution is 0.208. The minimum absolute atomic E-state index is 0.205. The van der Waals surface area contributed by atoms with E-state index in [2.05, 4.69) is 25.5 Å². The molecule has 0 radical (unpaired) electrons. The van der Waals surface area contributed by atoms with Crippen LogP contribution in [0.2, 0.25) is 10.0 Å². The van der Waals surface area contributed by atoms with E-state index < -0.39 is 0 Å². The Bertz CT molecular complexity index is 1110. The topological polar surface area (TPSA) is 82.6 Å². The van der Waals surface area contributed by atoms with Crippen LogP contribution in [0.25, 0.3) is 0 Å². The maximum atomic E-state index is 12.6. The smallest absolute Gasteiger partial charge is 0.322 e. The Morgan fingerprint density at radius 3 is 2.62 bits per heavy atom. The highest BCUT2D eigenvalue weighted by Gasteiger charge is 2.23. The molecule has 2 amide bonds. The van der Waals surface area contributed by atoms with E-state index in [9.17, 15) is 4.79 Å². The second-order valence-electron chi connectivity index (χ2n) is 7.13. The van der Waals surface area contributed by atoms with Gasteiger partial charge in [-0.05, 0) is 36.4 Å². The summed E-state index contributed by atoms with van der Waals surface area (Å²) in [4.78, 5) is 25.4. The number of anilines is 4. The van der Waals surface area contributed by atoms with Crippen LogP contribution in [0.15, 0.2) is 54.7 Å². The molecule has 4 rings (SSSR count). The highest BCUT2D eigenvalue weighted by atomic mass is 35.5. The maximum absolute atomic E-state index is 12.6. The zero-order chi connectivity index (χ0) is 22.5. The zero-order valence-corrected chi connectivity index (χ0v) is 18.9. The van der Waals surface area contributed by atoms with Crippen molar-refractivity contribution in [2.24, 2.45) is 0 Å². The summed E-state index contributed by atoms with van der Waals surface area (Å²) in [5.74, 6) is 2.05. The number of aromatic nitrogens is 2. The van der Waals surface area contributed by atoms with Gasteiger partial charge in [-0.2, -0.15) is 4.98 Å². The van der Waals surface area contributed by atoms with E-state index >= 15 is 0 Å². The zero-order valence-electron chi connectivity index (χ0n) is 17.4. The van der Waals surface area contributed by atoms with Crippen molar-refractivity contribution in [3.8, 4) is 5.75 Å². The predicted molar refractivity (Wildman–Crippen MR) is 128 cm³/mol. The average Bonchev–Trinajstić information content (AvgIpc) is 2.81. The summed E-state index contributed by atoms with van der Waals surface area (Å²) in [5, 5.41) is 7.02. The SMILES string of the molecule is COc1cccc(Nc2ccnc(N3CCN(C(=O)Nc4ccc(Cl)cc4Cl)CC3)n2)c1. The molecule has 2 N–H and O–H groups in total. The quantitative estimate of drug-likeness (QED) is 0.549. The molecule has 1 saturated heterocycles. The lowest BCUT2D eigenvalue weighted by Gasteiger charge is -2.34. The fourth-order valence-electron chi connectivity index (χ4n) is 3.31. The highest BCUT2D eigenvalue weighted by Crippen LogP contribution is 2.26. The van der Waals surface area contributed by atoms with Crippen LogP contribution in [0.4, 0.5) is 27.9 Å². The van der Waals surface area contributed by atoms with Crippen molar-refractivity contribution in [1.29, 1.82) is 0 Å². The first-order chi connectivity index (χ1) is 15.5. The van der Waals surface area contributed by atoms with Gasteiger partial charge >= 0.3 is 6.03 Å². The van der Waals surface area contributed by atoms with Gasteiger partial charge in [-0.1, -0.05) is 29.3 Å². The Kier molecular flexibility index (Phi) is 6.82. The molecule has 1 fully saturated rings. The second kappa shape index (κ2) is 9.93. The van der Waals surface area contributed by atoms with Crippen molar-refractivity contribution in [3.63, 3.8) is 0 Å². The normalized spacial score (nSPS) is 13.6. The van der Waals surface area contributed by atoms with Gasteiger partial charge in [0.25, 0.3) is 0 Å². The van der Waals surface area contributed by atoms with Crippen LogP contribution in [-0.4, -0.2) is 54.2 Å². The van der Waals surface area contributed by atoms with Crippen LogP contribution >= 0.6 is 23.2 Å². The number of rotatable bonds is 5. The minimum Gasteiger partial charge on any atom is -0.497 e. The second-order valence-corrected chi connectivity index (χ2v) is 7.97. The molecule has 2 heterocycles. The largest absolute Gasteiger partial charge is 0.497 e. The standard InChI is InChI=1S/C22H22Cl2N6O2/c1-32-17-4-2-3-16(14-17)26-20-7-8-25-21(28-20)29-9-11-30(12-10-29)22(31)27-19-6-5-15(23)13-18(19)24/h2-8,13-14H,9-12H2,1H3,(H,27,31)(H,25,26,28). The molecule has 0 unspecified atom stereocenters. The van der Waals surface area contributed by atoms with E-state index in [1.165, 1.54) is 0 Å². The molecule has 0 spiro atoms. The van der Waals surface area contributed by atoms with E-state index in [-0.39, 0.29) is 6.03 Å². The van der Waals surface area contributed by atoms with Gasteiger partial charge in [-0.25, -0.2) is 9.78 Å². The predicted octanol–water partition coefficient (Wildman–Crippen LogP) is 4.89. The number of hydrogen-bond acceptors (Lipinski definition) is 6. The van der Waals surface area contributed by atoms with Crippen LogP contribution < -0.4 is 20.3 Å². The Morgan fingerprint density at radius 1 is 1.06 bits per heavy atom. The molecule has 2 aromatic carbocycles. The molecule has 0 saturated carbocycles. The fourth-order valence-corrected chi connectivity index (χ4v) is 3.77. The Balaban J connectivity index is 1.35. The molecule has 0 atom stereocenters. The molecule has 1 aromatic heterocycles. The first kappa shape index (κ1) is 22.0. The van der Waals surface area contributed by atoms with Gasteiger partial charge in [0.1, 0.15) is 11.6 Å². The van der Waals surface area contributed by atoms with Crippen molar-refractivity contribution in [1.82, 2.24) is 14.9 Å². The van der Waals surface area contributed by atoms with Crippen molar-refractivity contribution >= 4 is 52.4 Å². The third kappa shape index (κ3) is 5.33. The number of nitrogens with one attached hydrogen (secondary N) is 2.